The Kier molecular flexibility index (Phi) is 2.71. The van der Waals surface area contributed by atoms with Gasteiger partial charge in [-0.25, -0.2) is 0 Å². The van der Waals surface area contributed by atoms with Gasteiger partial charge in [0.1, 0.15) is 11.4 Å². The lowest BCUT2D eigenvalue weighted by molar-refractivity contribution is -0.141. The van der Waals surface area contributed by atoms with E-state index in [9.17, 15) is 13.2 Å². The molecule has 0 saturated heterocycles. The Bertz CT molecular complexity index is 506. The summed E-state index contributed by atoms with van der Waals surface area (Å²) in [6.07, 6.45) is -2.13. The molecule has 0 fully saturated rings. The lowest BCUT2D eigenvalue weighted by atomic mass is 10.2. The molecule has 2 aromatic rings. The minimum absolute atomic E-state index is 0.00591. The van der Waals surface area contributed by atoms with Crippen LogP contribution in [0, 0.1) is 0 Å². The summed E-state index contributed by atoms with van der Waals surface area (Å²) in [5.74, 6) is -0.00591. The first-order chi connectivity index (χ1) is 7.97. The quantitative estimate of drug-likeness (QED) is 0.833. The van der Waals surface area contributed by atoms with Crippen molar-refractivity contribution in [3.05, 3.63) is 42.4 Å². The Morgan fingerprint density at radius 1 is 0.941 bits per heavy atom. The standard InChI is InChI=1S/C11H7F3N2O/c12-11(13,14)10-4-1-7(5-16-10)9-3-2-8(17)6-15-9/h1-6,17H. The lowest BCUT2D eigenvalue weighted by Gasteiger charge is -2.06. The molecule has 0 radical (unpaired) electrons. The fraction of sp³-hybridized carbons (Fsp3) is 0.0909. The van der Waals surface area contributed by atoms with Gasteiger partial charge in [0.2, 0.25) is 0 Å². The van der Waals surface area contributed by atoms with E-state index in [-0.39, 0.29) is 5.75 Å². The van der Waals surface area contributed by atoms with Gasteiger partial charge in [0.05, 0.1) is 11.9 Å². The molecule has 0 aromatic carbocycles. The van der Waals surface area contributed by atoms with E-state index in [2.05, 4.69) is 9.97 Å². The second kappa shape index (κ2) is 4.04. The minimum Gasteiger partial charge on any atom is -0.506 e. The van der Waals surface area contributed by atoms with Gasteiger partial charge in [-0.2, -0.15) is 13.2 Å². The van der Waals surface area contributed by atoms with Crippen LogP contribution in [0.15, 0.2) is 36.7 Å². The number of hydrogen-bond donors (Lipinski definition) is 1. The average molecular weight is 240 g/mol. The maximum Gasteiger partial charge on any atom is 0.433 e. The number of halogens is 3. The summed E-state index contributed by atoms with van der Waals surface area (Å²) in [5.41, 5.74) is -0.0398. The first-order valence-corrected chi connectivity index (χ1v) is 4.65. The summed E-state index contributed by atoms with van der Waals surface area (Å²) >= 11 is 0. The molecule has 6 heteroatoms. The fourth-order valence-corrected chi connectivity index (χ4v) is 1.27. The molecule has 0 aliphatic rings. The molecule has 2 aromatic heterocycles. The normalized spacial score (nSPS) is 11.5. The summed E-state index contributed by atoms with van der Waals surface area (Å²) in [7, 11) is 0. The van der Waals surface area contributed by atoms with Crippen LogP contribution in [0.3, 0.4) is 0 Å². The number of aromatic nitrogens is 2. The van der Waals surface area contributed by atoms with E-state index in [1.54, 1.807) is 0 Å². The monoisotopic (exact) mass is 240 g/mol. The molecule has 0 bridgehead atoms. The molecule has 0 atom stereocenters. The van der Waals surface area contributed by atoms with Crippen molar-refractivity contribution < 1.29 is 18.3 Å². The number of aromatic hydroxyl groups is 1. The van der Waals surface area contributed by atoms with Gasteiger partial charge in [0.15, 0.2) is 0 Å². The highest BCUT2D eigenvalue weighted by Crippen LogP contribution is 2.28. The van der Waals surface area contributed by atoms with E-state index >= 15 is 0 Å². The number of pyridine rings is 2. The van der Waals surface area contributed by atoms with Crippen molar-refractivity contribution in [3.8, 4) is 17.0 Å². The zero-order chi connectivity index (χ0) is 12.5. The van der Waals surface area contributed by atoms with Crippen LogP contribution in [0.4, 0.5) is 13.2 Å². The number of hydrogen-bond acceptors (Lipinski definition) is 3. The smallest absolute Gasteiger partial charge is 0.433 e. The lowest BCUT2D eigenvalue weighted by Crippen LogP contribution is -2.07. The third-order valence-electron chi connectivity index (χ3n) is 2.10. The Labute approximate surface area is 94.6 Å². The SMILES string of the molecule is Oc1ccc(-c2ccc(C(F)(F)F)nc2)nc1. The second-order valence-electron chi connectivity index (χ2n) is 3.33. The topological polar surface area (TPSA) is 46.0 Å². The maximum atomic E-state index is 12.3. The molecule has 3 nitrogen and oxygen atoms in total. The van der Waals surface area contributed by atoms with Crippen molar-refractivity contribution in [2.75, 3.05) is 0 Å². The van der Waals surface area contributed by atoms with Crippen LogP contribution in [-0.4, -0.2) is 15.1 Å². The number of rotatable bonds is 1. The van der Waals surface area contributed by atoms with Crippen LogP contribution in [0.5, 0.6) is 5.75 Å². The third-order valence-corrected chi connectivity index (χ3v) is 2.10. The predicted octanol–water partition coefficient (Wildman–Crippen LogP) is 2.87. The molecule has 0 unspecified atom stereocenters. The van der Waals surface area contributed by atoms with Crippen LogP contribution in [0.25, 0.3) is 11.3 Å². The number of alkyl halides is 3. The van der Waals surface area contributed by atoms with Gasteiger partial charge in [-0.15, -0.1) is 0 Å². The molecule has 2 rings (SSSR count). The van der Waals surface area contributed by atoms with Crippen molar-refractivity contribution in [3.63, 3.8) is 0 Å². The highest BCUT2D eigenvalue weighted by molar-refractivity contribution is 5.58. The maximum absolute atomic E-state index is 12.3. The summed E-state index contributed by atoms with van der Waals surface area (Å²) < 4.78 is 36.8. The van der Waals surface area contributed by atoms with E-state index in [1.165, 1.54) is 24.4 Å². The van der Waals surface area contributed by atoms with E-state index in [1.807, 2.05) is 0 Å². The van der Waals surface area contributed by atoms with Crippen molar-refractivity contribution in [2.45, 2.75) is 6.18 Å². The molecule has 2 heterocycles. The highest BCUT2D eigenvalue weighted by Gasteiger charge is 2.32. The van der Waals surface area contributed by atoms with Crippen LogP contribution in [0.1, 0.15) is 5.69 Å². The summed E-state index contributed by atoms with van der Waals surface area (Å²) in [5, 5.41) is 9.03. The van der Waals surface area contributed by atoms with Crippen molar-refractivity contribution in [2.24, 2.45) is 0 Å². The van der Waals surface area contributed by atoms with Crippen LogP contribution in [-0.2, 0) is 6.18 Å². The van der Waals surface area contributed by atoms with Gasteiger partial charge in [-0.1, -0.05) is 0 Å². The van der Waals surface area contributed by atoms with Crippen molar-refractivity contribution in [1.29, 1.82) is 0 Å². The molecule has 88 valence electrons. The first-order valence-electron chi connectivity index (χ1n) is 4.65. The van der Waals surface area contributed by atoms with Gasteiger partial charge in [-0.05, 0) is 24.3 Å². The summed E-state index contributed by atoms with van der Waals surface area (Å²) in [6, 6.07) is 5.08. The third kappa shape index (κ3) is 2.52. The summed E-state index contributed by atoms with van der Waals surface area (Å²) in [6.45, 7) is 0. The van der Waals surface area contributed by atoms with E-state index in [0.717, 1.165) is 12.3 Å². The Balaban J connectivity index is 2.33. The van der Waals surface area contributed by atoms with E-state index < -0.39 is 11.9 Å². The van der Waals surface area contributed by atoms with Crippen molar-refractivity contribution in [1.82, 2.24) is 9.97 Å². The van der Waals surface area contributed by atoms with Gasteiger partial charge in [-0.3, -0.25) is 9.97 Å². The molecular formula is C11H7F3N2O. The molecule has 1 N–H and O–H groups in total. The van der Waals surface area contributed by atoms with Crippen LogP contribution >= 0.6 is 0 Å². The average Bonchev–Trinajstić information content (AvgIpc) is 2.29. The molecule has 0 spiro atoms. The fourth-order valence-electron chi connectivity index (χ4n) is 1.27. The molecular weight excluding hydrogens is 233 g/mol. The van der Waals surface area contributed by atoms with E-state index in [4.69, 9.17) is 5.11 Å². The Morgan fingerprint density at radius 2 is 1.71 bits per heavy atom. The Morgan fingerprint density at radius 3 is 2.18 bits per heavy atom. The Hall–Kier alpha value is -2.11. The molecule has 0 aliphatic carbocycles. The van der Waals surface area contributed by atoms with Crippen molar-refractivity contribution >= 4 is 0 Å². The molecule has 0 amide bonds. The molecule has 0 aliphatic heterocycles. The largest absolute Gasteiger partial charge is 0.506 e. The highest BCUT2D eigenvalue weighted by atomic mass is 19.4. The predicted molar refractivity (Wildman–Crippen MR) is 54.1 cm³/mol. The second-order valence-corrected chi connectivity index (χ2v) is 3.33. The van der Waals surface area contributed by atoms with Crippen LogP contribution in [0.2, 0.25) is 0 Å². The summed E-state index contributed by atoms with van der Waals surface area (Å²) in [4.78, 5) is 7.19. The molecule has 17 heavy (non-hydrogen) atoms. The molecule has 0 saturated carbocycles. The zero-order valence-electron chi connectivity index (χ0n) is 8.44. The van der Waals surface area contributed by atoms with Gasteiger partial charge in [0.25, 0.3) is 0 Å². The van der Waals surface area contributed by atoms with Gasteiger partial charge < -0.3 is 5.11 Å². The van der Waals surface area contributed by atoms with Gasteiger partial charge >= 0.3 is 6.18 Å². The van der Waals surface area contributed by atoms with Crippen LogP contribution < -0.4 is 0 Å². The van der Waals surface area contributed by atoms with Gasteiger partial charge in [0, 0.05) is 11.8 Å². The minimum atomic E-state index is -4.44. The first kappa shape index (κ1) is 11.4. The number of nitrogens with zero attached hydrogens (tertiary/aromatic N) is 2. The van der Waals surface area contributed by atoms with E-state index in [0.29, 0.717) is 11.3 Å². The zero-order valence-corrected chi connectivity index (χ0v) is 8.44.